The summed E-state index contributed by atoms with van der Waals surface area (Å²) in [5, 5.41) is 30.4. The van der Waals surface area contributed by atoms with Crippen LogP contribution >= 0.6 is 15.6 Å². The monoisotopic (exact) mass is 840 g/mol. The van der Waals surface area contributed by atoms with Gasteiger partial charge in [0.25, 0.3) is 0 Å². The second kappa shape index (κ2) is 33.9. The van der Waals surface area contributed by atoms with Crippen LogP contribution in [0.3, 0.4) is 0 Å². The van der Waals surface area contributed by atoms with E-state index < -0.39 is 78.4 Å². The molecule has 0 bridgehead atoms. The zero-order valence-electron chi connectivity index (χ0n) is 33.6. The van der Waals surface area contributed by atoms with Crippen molar-refractivity contribution in [2.75, 3.05) is 26.4 Å². The quantitative estimate of drug-likeness (QED) is 0.0157. The van der Waals surface area contributed by atoms with Gasteiger partial charge in [-0.05, 0) is 57.3 Å². The van der Waals surface area contributed by atoms with Crippen molar-refractivity contribution in [2.24, 2.45) is 5.92 Å². The van der Waals surface area contributed by atoms with Crippen LogP contribution in [0.15, 0.2) is 48.6 Å². The van der Waals surface area contributed by atoms with E-state index in [1.165, 1.54) is 19.3 Å². The average Bonchev–Trinajstić information content (AvgIpc) is 3.13. The van der Waals surface area contributed by atoms with E-state index in [2.05, 4.69) is 54.1 Å². The molecule has 15 nitrogen and oxygen atoms in total. The van der Waals surface area contributed by atoms with Crippen LogP contribution in [0, 0.1) is 5.92 Å². The highest BCUT2D eigenvalue weighted by atomic mass is 31.2. The fourth-order valence-electron chi connectivity index (χ4n) is 4.97. The zero-order chi connectivity index (χ0) is 42.1. The van der Waals surface area contributed by atoms with Crippen LogP contribution in [0.5, 0.6) is 0 Å². The number of aliphatic hydroxyl groups is 3. The Morgan fingerprint density at radius 2 is 1.11 bits per heavy atom. The average molecular weight is 841 g/mol. The summed E-state index contributed by atoms with van der Waals surface area (Å²) < 4.78 is 47.4. The predicted octanol–water partition coefficient (Wildman–Crippen LogP) is 7.30. The van der Waals surface area contributed by atoms with Crippen LogP contribution in [-0.4, -0.2) is 92.8 Å². The van der Waals surface area contributed by atoms with E-state index in [1.54, 1.807) is 6.08 Å². The highest BCUT2D eigenvalue weighted by Gasteiger charge is 2.28. The highest BCUT2D eigenvalue weighted by molar-refractivity contribution is 7.47. The molecule has 0 aliphatic heterocycles. The Hall–Kier alpha value is -2.00. The molecule has 5 atom stereocenters. The number of rotatable bonds is 36. The molecule has 0 rings (SSSR count). The summed E-state index contributed by atoms with van der Waals surface area (Å²) in [5.74, 6) is -0.624. The number of carbonyl (C=O) groups excluding carboxylic acids is 2. The Morgan fingerprint density at radius 3 is 1.70 bits per heavy atom. The van der Waals surface area contributed by atoms with Crippen molar-refractivity contribution in [2.45, 2.75) is 154 Å². The summed E-state index contributed by atoms with van der Waals surface area (Å²) in [6, 6.07) is 0. The van der Waals surface area contributed by atoms with Gasteiger partial charge >= 0.3 is 27.6 Å². The first-order valence-electron chi connectivity index (χ1n) is 19.9. The lowest BCUT2D eigenvalue weighted by Gasteiger charge is -2.21. The van der Waals surface area contributed by atoms with Crippen LogP contribution in [0.2, 0.25) is 0 Å². The largest absolute Gasteiger partial charge is 0.472 e. The van der Waals surface area contributed by atoms with Gasteiger partial charge < -0.3 is 39.5 Å². The molecular weight excluding hydrogens is 770 g/mol. The van der Waals surface area contributed by atoms with Crippen LogP contribution in [0.25, 0.3) is 0 Å². The number of ether oxygens (including phenoxy) is 2. The Morgan fingerprint density at radius 1 is 0.589 bits per heavy atom. The smallest absolute Gasteiger partial charge is 0.462 e. The molecule has 0 aliphatic rings. The summed E-state index contributed by atoms with van der Waals surface area (Å²) in [6.45, 7) is 3.50. The molecule has 0 saturated carbocycles. The predicted molar refractivity (Wildman–Crippen MR) is 214 cm³/mol. The highest BCUT2D eigenvalue weighted by Crippen LogP contribution is 2.43. The zero-order valence-corrected chi connectivity index (χ0v) is 35.4. The number of esters is 2. The van der Waals surface area contributed by atoms with Gasteiger partial charge in [0.2, 0.25) is 0 Å². The summed E-state index contributed by atoms with van der Waals surface area (Å²) in [5.41, 5.74) is 0. The van der Waals surface area contributed by atoms with Crippen molar-refractivity contribution in [3.63, 3.8) is 0 Å². The Balaban J connectivity index is 4.83. The number of hydrogen-bond donors (Lipinski definition) is 6. The van der Waals surface area contributed by atoms with E-state index in [1.807, 2.05) is 18.2 Å². The van der Waals surface area contributed by atoms with Gasteiger partial charge in [0.05, 0.1) is 32.0 Å². The molecule has 1 unspecified atom stereocenters. The number of hydrogen-bond acceptors (Lipinski definition) is 12. The summed E-state index contributed by atoms with van der Waals surface area (Å²) in [6.07, 6.45) is 23.2. The van der Waals surface area contributed by atoms with Gasteiger partial charge in [0, 0.05) is 12.8 Å². The fourth-order valence-corrected chi connectivity index (χ4v) is 6.13. The van der Waals surface area contributed by atoms with Gasteiger partial charge in [0.1, 0.15) is 12.7 Å². The number of carbonyl (C=O) groups is 2. The SMILES string of the molecule is CC/C=C\C/C=C\C/C=C\C/C=C\C[C@@H](O)[C@H](O)CCCC(=O)O[C@H](COC(=O)CCCCCCCCCC(C)C)COP(=O)(O)OC[C@@H](O)COP(=O)(O)O. The molecule has 6 N–H and O–H groups in total. The first-order valence-corrected chi connectivity index (χ1v) is 22.9. The molecule has 326 valence electrons. The van der Waals surface area contributed by atoms with Gasteiger partial charge in [-0.1, -0.05) is 114 Å². The van der Waals surface area contributed by atoms with Crippen LogP contribution in [0.4, 0.5) is 0 Å². The van der Waals surface area contributed by atoms with Crippen molar-refractivity contribution < 1.29 is 71.8 Å². The first kappa shape index (κ1) is 54.0. The molecule has 0 radical (unpaired) electrons. The molecule has 0 aromatic carbocycles. The second-order valence-corrected chi connectivity index (χ2v) is 16.7. The van der Waals surface area contributed by atoms with Crippen molar-refractivity contribution in [3.05, 3.63) is 48.6 Å². The number of unbranched alkanes of at least 4 members (excludes halogenated alkanes) is 6. The Labute approximate surface area is 334 Å². The number of phosphoric acid groups is 2. The van der Waals surface area contributed by atoms with Crippen molar-refractivity contribution in [1.82, 2.24) is 0 Å². The van der Waals surface area contributed by atoms with Gasteiger partial charge in [0.15, 0.2) is 6.10 Å². The van der Waals surface area contributed by atoms with E-state index in [9.17, 15) is 38.9 Å². The van der Waals surface area contributed by atoms with E-state index >= 15 is 0 Å². The molecule has 56 heavy (non-hydrogen) atoms. The standard InChI is InChI=1S/C39H70O15P2/c1-4-5-6-7-8-9-10-11-12-15-18-21-25-36(41)37(42)26-23-28-39(44)54-35(32-53-56(48,49)52-30-34(40)29-51-55(45,46)47)31-50-38(43)27-22-19-16-13-14-17-20-24-33(2)3/h5-6,8-9,11-12,18,21,33-37,40-42H,4,7,10,13-17,19-20,22-32H2,1-3H3,(H,48,49)(H2,45,46,47)/b6-5-,9-8-,12-11-,21-18-/t34-,35+,36+,37+/m0/s1. The lowest BCUT2D eigenvalue weighted by Crippen LogP contribution is -2.30. The molecule has 0 fully saturated rings. The maximum Gasteiger partial charge on any atom is 0.472 e. The van der Waals surface area contributed by atoms with Gasteiger partial charge in [-0.25, -0.2) is 9.13 Å². The maximum absolute atomic E-state index is 12.6. The lowest BCUT2D eigenvalue weighted by molar-refractivity contribution is -0.161. The summed E-state index contributed by atoms with van der Waals surface area (Å²) in [7, 11) is -9.78. The van der Waals surface area contributed by atoms with E-state index in [0.717, 1.165) is 44.9 Å². The molecular formula is C39H70O15P2. The van der Waals surface area contributed by atoms with Gasteiger partial charge in [-0.2, -0.15) is 0 Å². The molecule has 0 aromatic rings. The summed E-state index contributed by atoms with van der Waals surface area (Å²) in [4.78, 5) is 52.5. The molecule has 0 saturated heterocycles. The number of aliphatic hydroxyl groups excluding tert-OH is 3. The van der Waals surface area contributed by atoms with E-state index in [0.29, 0.717) is 18.8 Å². The first-order chi connectivity index (χ1) is 26.5. The number of allylic oxidation sites excluding steroid dienone is 7. The van der Waals surface area contributed by atoms with Crippen molar-refractivity contribution >= 4 is 27.6 Å². The van der Waals surface area contributed by atoms with Crippen molar-refractivity contribution in [1.29, 1.82) is 0 Å². The topological polar surface area (TPSA) is 236 Å². The van der Waals surface area contributed by atoms with Crippen LogP contribution in [0.1, 0.15) is 130 Å². The molecule has 0 aromatic heterocycles. The number of phosphoric ester groups is 2. The summed E-state index contributed by atoms with van der Waals surface area (Å²) >= 11 is 0. The third kappa shape index (κ3) is 36.3. The molecule has 0 heterocycles. The fraction of sp³-hybridized carbons (Fsp3) is 0.744. The molecule has 0 spiro atoms. The van der Waals surface area contributed by atoms with Crippen LogP contribution in [-0.2, 0) is 41.8 Å². The minimum absolute atomic E-state index is 0.0889. The van der Waals surface area contributed by atoms with E-state index in [-0.39, 0.29) is 32.1 Å². The van der Waals surface area contributed by atoms with Crippen molar-refractivity contribution in [3.8, 4) is 0 Å². The van der Waals surface area contributed by atoms with Crippen LogP contribution < -0.4 is 0 Å². The molecule has 0 amide bonds. The third-order valence-corrected chi connectivity index (χ3v) is 9.54. The minimum Gasteiger partial charge on any atom is -0.462 e. The normalized spacial score (nSPS) is 15.9. The van der Waals surface area contributed by atoms with Gasteiger partial charge in [-0.15, -0.1) is 0 Å². The van der Waals surface area contributed by atoms with Gasteiger partial charge in [-0.3, -0.25) is 23.2 Å². The molecule has 17 heteroatoms. The minimum atomic E-state index is -4.89. The van der Waals surface area contributed by atoms with E-state index in [4.69, 9.17) is 23.8 Å². The lowest BCUT2D eigenvalue weighted by atomic mass is 10.0. The third-order valence-electron chi connectivity index (χ3n) is 8.10. The Kier molecular flexibility index (Phi) is 32.7. The maximum atomic E-state index is 12.6. The second-order valence-electron chi connectivity index (χ2n) is 14.0. The Bertz CT molecular complexity index is 1230. The molecule has 0 aliphatic carbocycles.